The highest BCUT2D eigenvalue weighted by Gasteiger charge is 2.29. The van der Waals surface area contributed by atoms with Crippen molar-refractivity contribution in [2.45, 2.75) is 45.5 Å². The van der Waals surface area contributed by atoms with Crippen LogP contribution in [0.25, 0.3) is 0 Å². The molecule has 0 aromatic rings. The molecule has 0 fully saturated rings. The Hall–Kier alpha value is -0.780. The fraction of sp³-hybridized carbons (Fsp3) is 0.889. The highest BCUT2D eigenvalue weighted by Crippen LogP contribution is 2.13. The Morgan fingerprint density at radius 1 is 1.33 bits per heavy atom. The van der Waals surface area contributed by atoms with E-state index in [0.717, 1.165) is 0 Å². The molecule has 0 aromatic carbocycles. The highest BCUT2D eigenvalue weighted by atomic mass is 19.4. The van der Waals surface area contributed by atoms with E-state index in [4.69, 9.17) is 4.74 Å². The maximum absolute atomic E-state index is 11.8. The van der Waals surface area contributed by atoms with E-state index in [1.54, 1.807) is 20.8 Å². The molecule has 0 rings (SSSR count). The van der Waals surface area contributed by atoms with Crippen molar-refractivity contribution in [2.24, 2.45) is 0 Å². The molecule has 3 nitrogen and oxygen atoms in total. The minimum Gasteiger partial charge on any atom is -0.459 e. The predicted octanol–water partition coefficient (Wildman–Crippen LogP) is 1.87. The number of nitrogens with one attached hydrogen (secondary N) is 1. The molecule has 90 valence electrons. The summed E-state index contributed by atoms with van der Waals surface area (Å²) in [6.45, 7) is 5.09. The van der Waals surface area contributed by atoms with Crippen LogP contribution in [0.1, 0.15) is 27.7 Å². The summed E-state index contributed by atoms with van der Waals surface area (Å²) < 4.78 is 40.3. The van der Waals surface area contributed by atoms with Gasteiger partial charge in [-0.25, -0.2) is 0 Å². The van der Waals surface area contributed by atoms with Crippen molar-refractivity contribution in [1.29, 1.82) is 0 Å². The molecule has 0 aliphatic heterocycles. The Balaban J connectivity index is 4.01. The molecule has 15 heavy (non-hydrogen) atoms. The first-order chi connectivity index (χ1) is 6.51. The van der Waals surface area contributed by atoms with Gasteiger partial charge in [-0.05, 0) is 27.7 Å². The minimum atomic E-state index is -4.32. The van der Waals surface area contributed by atoms with Crippen molar-refractivity contribution in [2.75, 3.05) is 6.54 Å². The molecular weight excluding hydrogens is 211 g/mol. The van der Waals surface area contributed by atoms with E-state index < -0.39 is 30.3 Å². The van der Waals surface area contributed by atoms with Crippen LogP contribution in [0.5, 0.6) is 0 Å². The zero-order valence-corrected chi connectivity index (χ0v) is 9.23. The van der Waals surface area contributed by atoms with Gasteiger partial charge < -0.3 is 4.74 Å². The molecule has 0 spiro atoms. The predicted molar refractivity (Wildman–Crippen MR) is 49.4 cm³/mol. The maximum atomic E-state index is 11.8. The number of halogens is 3. The molecule has 0 aromatic heterocycles. The summed E-state index contributed by atoms with van der Waals surface area (Å²) in [5.74, 6) is -0.688. The summed E-state index contributed by atoms with van der Waals surface area (Å²) in [6.07, 6.45) is -4.32. The van der Waals surface area contributed by atoms with Crippen LogP contribution in [-0.4, -0.2) is 30.3 Å². The fourth-order valence-electron chi connectivity index (χ4n) is 0.742. The number of carbonyl (C=O) groups is 1. The molecule has 0 aliphatic carbocycles. The Labute approximate surface area is 87.0 Å². The van der Waals surface area contributed by atoms with Crippen LogP contribution in [0.4, 0.5) is 13.2 Å². The van der Waals surface area contributed by atoms with Gasteiger partial charge in [-0.1, -0.05) is 0 Å². The number of ether oxygens (including phenoxy) is 1. The lowest BCUT2D eigenvalue weighted by Crippen LogP contribution is -2.43. The van der Waals surface area contributed by atoms with Gasteiger partial charge in [0.05, 0.1) is 6.54 Å². The smallest absolute Gasteiger partial charge is 0.401 e. The van der Waals surface area contributed by atoms with E-state index in [2.05, 4.69) is 0 Å². The van der Waals surface area contributed by atoms with Crippen molar-refractivity contribution < 1.29 is 22.7 Å². The summed E-state index contributed by atoms with van der Waals surface area (Å²) in [5, 5.41) is 2.05. The summed E-state index contributed by atoms with van der Waals surface area (Å²) in [6, 6.07) is -0.967. The van der Waals surface area contributed by atoms with Gasteiger partial charge in [0, 0.05) is 0 Å². The van der Waals surface area contributed by atoms with Gasteiger partial charge >= 0.3 is 12.1 Å². The van der Waals surface area contributed by atoms with Crippen molar-refractivity contribution >= 4 is 5.97 Å². The Morgan fingerprint density at radius 3 is 2.13 bits per heavy atom. The standard InChI is InChI=1S/C9H16F3NO2/c1-6(13-5-9(10,11)12)7(14)15-8(2,3)4/h6,13H,5H2,1-4H3/t6-/m0/s1. The first-order valence-electron chi connectivity index (χ1n) is 4.54. The highest BCUT2D eigenvalue weighted by molar-refractivity contribution is 5.75. The molecule has 0 heterocycles. The van der Waals surface area contributed by atoms with Gasteiger partial charge in [0.25, 0.3) is 0 Å². The average Bonchev–Trinajstić information content (AvgIpc) is 1.95. The van der Waals surface area contributed by atoms with Crippen LogP contribution in [0.2, 0.25) is 0 Å². The largest absolute Gasteiger partial charge is 0.459 e. The van der Waals surface area contributed by atoms with E-state index in [1.807, 2.05) is 5.32 Å². The van der Waals surface area contributed by atoms with Gasteiger partial charge in [-0.15, -0.1) is 0 Å². The minimum absolute atomic E-state index is 0.688. The van der Waals surface area contributed by atoms with Crippen LogP contribution in [0, 0.1) is 0 Å². The Morgan fingerprint density at radius 2 is 1.80 bits per heavy atom. The molecule has 0 radical (unpaired) electrons. The van der Waals surface area contributed by atoms with Crippen molar-refractivity contribution in [3.8, 4) is 0 Å². The number of alkyl halides is 3. The lowest BCUT2D eigenvalue weighted by atomic mass is 10.2. The van der Waals surface area contributed by atoms with E-state index >= 15 is 0 Å². The molecule has 0 saturated heterocycles. The second kappa shape index (κ2) is 4.83. The quantitative estimate of drug-likeness (QED) is 0.748. The molecule has 6 heteroatoms. The van der Waals surface area contributed by atoms with Gasteiger partial charge in [0.15, 0.2) is 0 Å². The molecular formula is C9H16F3NO2. The summed E-state index contributed by atoms with van der Waals surface area (Å²) in [5.41, 5.74) is -0.689. The second-order valence-corrected chi connectivity index (χ2v) is 4.25. The van der Waals surface area contributed by atoms with E-state index in [1.165, 1.54) is 6.92 Å². The Kier molecular flexibility index (Phi) is 4.58. The zero-order chi connectivity index (χ0) is 12.3. The molecule has 0 bridgehead atoms. The van der Waals surface area contributed by atoms with Gasteiger partial charge in [0.1, 0.15) is 11.6 Å². The maximum Gasteiger partial charge on any atom is 0.401 e. The molecule has 1 atom stereocenters. The van der Waals surface area contributed by atoms with Gasteiger partial charge in [0.2, 0.25) is 0 Å². The Bertz CT molecular complexity index is 220. The van der Waals surface area contributed by atoms with Gasteiger partial charge in [-0.3, -0.25) is 10.1 Å². The monoisotopic (exact) mass is 227 g/mol. The topological polar surface area (TPSA) is 38.3 Å². The van der Waals surface area contributed by atoms with Crippen LogP contribution in [0.3, 0.4) is 0 Å². The fourth-order valence-corrected chi connectivity index (χ4v) is 0.742. The number of hydrogen-bond donors (Lipinski definition) is 1. The van der Waals surface area contributed by atoms with Gasteiger partial charge in [-0.2, -0.15) is 13.2 Å². The number of carbonyl (C=O) groups excluding carboxylic acids is 1. The van der Waals surface area contributed by atoms with E-state index in [-0.39, 0.29) is 0 Å². The normalized spacial score (nSPS) is 14.9. The van der Waals surface area contributed by atoms with Crippen LogP contribution >= 0.6 is 0 Å². The van der Waals surface area contributed by atoms with Crippen LogP contribution in [0.15, 0.2) is 0 Å². The third-order valence-corrected chi connectivity index (χ3v) is 1.37. The first-order valence-corrected chi connectivity index (χ1v) is 4.54. The molecule has 0 aliphatic rings. The van der Waals surface area contributed by atoms with E-state index in [0.29, 0.717) is 0 Å². The lowest BCUT2D eigenvalue weighted by molar-refractivity contribution is -0.159. The van der Waals surface area contributed by atoms with E-state index in [9.17, 15) is 18.0 Å². The summed E-state index contributed by atoms with van der Waals surface area (Å²) >= 11 is 0. The van der Waals surface area contributed by atoms with Crippen molar-refractivity contribution in [3.05, 3.63) is 0 Å². The molecule has 1 N–H and O–H groups in total. The zero-order valence-electron chi connectivity index (χ0n) is 9.23. The second-order valence-electron chi connectivity index (χ2n) is 4.25. The van der Waals surface area contributed by atoms with Crippen LogP contribution < -0.4 is 5.32 Å². The molecule has 0 saturated carbocycles. The average molecular weight is 227 g/mol. The van der Waals surface area contributed by atoms with Crippen molar-refractivity contribution in [3.63, 3.8) is 0 Å². The third-order valence-electron chi connectivity index (χ3n) is 1.37. The summed E-state index contributed by atoms with van der Waals surface area (Å²) in [4.78, 5) is 11.2. The summed E-state index contributed by atoms with van der Waals surface area (Å²) in [7, 11) is 0. The van der Waals surface area contributed by atoms with Crippen LogP contribution in [-0.2, 0) is 9.53 Å². The first kappa shape index (κ1) is 14.2. The number of hydrogen-bond acceptors (Lipinski definition) is 3. The number of rotatable bonds is 3. The lowest BCUT2D eigenvalue weighted by Gasteiger charge is -2.22. The number of esters is 1. The molecule has 0 amide bonds. The SMILES string of the molecule is C[C@H](NCC(F)(F)F)C(=O)OC(C)(C)C. The molecule has 0 unspecified atom stereocenters. The third kappa shape index (κ3) is 8.23. The van der Waals surface area contributed by atoms with Crippen molar-refractivity contribution in [1.82, 2.24) is 5.32 Å².